The fourth-order valence-electron chi connectivity index (χ4n) is 2.76. The van der Waals surface area contributed by atoms with Gasteiger partial charge in [0.25, 0.3) is 0 Å². The molecule has 19 heavy (non-hydrogen) atoms. The van der Waals surface area contributed by atoms with Gasteiger partial charge in [-0.05, 0) is 43.7 Å². The number of benzene rings is 1. The first-order valence-electron chi connectivity index (χ1n) is 7.37. The minimum absolute atomic E-state index is 0.380. The first kappa shape index (κ1) is 14.2. The number of nitrogens with zero attached hydrogens (tertiary/aromatic N) is 1. The number of anilines is 1. The van der Waals surface area contributed by atoms with E-state index in [0.717, 1.165) is 37.6 Å². The third-order valence-corrected chi connectivity index (χ3v) is 4.17. The number of rotatable bonds is 6. The summed E-state index contributed by atoms with van der Waals surface area (Å²) >= 11 is 0. The number of hydrogen-bond acceptors (Lipinski definition) is 3. The lowest BCUT2D eigenvalue weighted by molar-refractivity contribution is 0.415. The van der Waals surface area contributed by atoms with Crippen molar-refractivity contribution in [3.63, 3.8) is 0 Å². The van der Waals surface area contributed by atoms with Gasteiger partial charge in [0, 0.05) is 30.9 Å². The van der Waals surface area contributed by atoms with E-state index in [4.69, 9.17) is 10.5 Å². The van der Waals surface area contributed by atoms with Gasteiger partial charge in [-0.25, -0.2) is 0 Å². The average molecular weight is 262 g/mol. The molecule has 0 saturated carbocycles. The van der Waals surface area contributed by atoms with E-state index in [0.29, 0.717) is 6.04 Å². The summed E-state index contributed by atoms with van der Waals surface area (Å²) < 4.78 is 5.29. The van der Waals surface area contributed by atoms with E-state index in [1.807, 2.05) is 6.07 Å². The summed E-state index contributed by atoms with van der Waals surface area (Å²) in [6.07, 6.45) is 4.79. The van der Waals surface area contributed by atoms with Gasteiger partial charge >= 0.3 is 0 Å². The Bertz CT molecular complexity index is 394. The molecule has 1 aromatic carbocycles. The molecule has 2 rings (SSSR count). The summed E-state index contributed by atoms with van der Waals surface area (Å²) in [7, 11) is 1.72. The second-order valence-electron chi connectivity index (χ2n) is 5.55. The summed E-state index contributed by atoms with van der Waals surface area (Å²) in [6.45, 7) is 4.48. The van der Waals surface area contributed by atoms with Gasteiger partial charge in [0.2, 0.25) is 0 Å². The van der Waals surface area contributed by atoms with Crippen molar-refractivity contribution in [1.82, 2.24) is 0 Å². The molecule has 0 spiro atoms. The SMILES string of the molecule is CCC(N)CCC1CCN(c2cccc(OC)c2)C1. The highest BCUT2D eigenvalue weighted by Crippen LogP contribution is 2.29. The second-order valence-corrected chi connectivity index (χ2v) is 5.55. The molecular formula is C16H26N2O. The van der Waals surface area contributed by atoms with E-state index in [-0.39, 0.29) is 0 Å². The lowest BCUT2D eigenvalue weighted by atomic mass is 9.98. The van der Waals surface area contributed by atoms with Crippen molar-refractivity contribution in [3.05, 3.63) is 24.3 Å². The van der Waals surface area contributed by atoms with Crippen LogP contribution in [-0.2, 0) is 0 Å². The summed E-state index contributed by atoms with van der Waals surface area (Å²) in [6, 6.07) is 8.74. The molecule has 0 aromatic heterocycles. The molecule has 2 N–H and O–H groups in total. The quantitative estimate of drug-likeness (QED) is 0.856. The van der Waals surface area contributed by atoms with E-state index in [9.17, 15) is 0 Å². The molecule has 2 atom stereocenters. The molecule has 3 heteroatoms. The zero-order chi connectivity index (χ0) is 13.7. The summed E-state index contributed by atoms with van der Waals surface area (Å²) in [5.74, 6) is 1.73. The van der Waals surface area contributed by atoms with Crippen molar-refractivity contribution < 1.29 is 4.74 Å². The lowest BCUT2D eigenvalue weighted by Crippen LogP contribution is -2.22. The molecule has 3 nitrogen and oxygen atoms in total. The zero-order valence-corrected chi connectivity index (χ0v) is 12.1. The van der Waals surface area contributed by atoms with E-state index in [2.05, 4.69) is 30.0 Å². The van der Waals surface area contributed by atoms with Crippen LogP contribution in [0.2, 0.25) is 0 Å². The third-order valence-electron chi connectivity index (χ3n) is 4.17. The molecule has 1 aliphatic heterocycles. The topological polar surface area (TPSA) is 38.5 Å². The monoisotopic (exact) mass is 262 g/mol. The standard InChI is InChI=1S/C16H26N2O/c1-3-14(17)8-7-13-9-10-18(12-13)15-5-4-6-16(11-15)19-2/h4-6,11,13-14H,3,7-10,12,17H2,1-2H3. The lowest BCUT2D eigenvalue weighted by Gasteiger charge is -2.19. The molecule has 1 aromatic rings. The van der Waals surface area contributed by atoms with Crippen molar-refractivity contribution in [1.29, 1.82) is 0 Å². The Morgan fingerprint density at radius 1 is 1.47 bits per heavy atom. The molecule has 0 bridgehead atoms. The van der Waals surface area contributed by atoms with Crippen molar-refractivity contribution in [2.45, 2.75) is 38.6 Å². The Labute approximate surface area is 116 Å². The van der Waals surface area contributed by atoms with E-state index >= 15 is 0 Å². The van der Waals surface area contributed by atoms with Gasteiger partial charge in [0.15, 0.2) is 0 Å². The van der Waals surface area contributed by atoms with Crippen LogP contribution in [0.15, 0.2) is 24.3 Å². The van der Waals surface area contributed by atoms with Crippen LogP contribution >= 0.6 is 0 Å². The van der Waals surface area contributed by atoms with Crippen LogP contribution in [0.5, 0.6) is 5.75 Å². The van der Waals surface area contributed by atoms with Gasteiger partial charge in [0.1, 0.15) is 5.75 Å². The molecule has 106 valence electrons. The Kier molecular flexibility index (Phi) is 5.08. The smallest absolute Gasteiger partial charge is 0.120 e. The summed E-state index contributed by atoms with van der Waals surface area (Å²) in [5, 5.41) is 0. The number of nitrogens with two attached hydrogens (primary N) is 1. The number of hydrogen-bond donors (Lipinski definition) is 1. The highest BCUT2D eigenvalue weighted by Gasteiger charge is 2.23. The van der Waals surface area contributed by atoms with Gasteiger partial charge in [-0.15, -0.1) is 0 Å². The van der Waals surface area contributed by atoms with Crippen LogP contribution in [0.4, 0.5) is 5.69 Å². The van der Waals surface area contributed by atoms with Gasteiger partial charge < -0.3 is 15.4 Å². The van der Waals surface area contributed by atoms with Crippen LogP contribution in [0.3, 0.4) is 0 Å². The average Bonchev–Trinajstić information content (AvgIpc) is 2.93. The minimum atomic E-state index is 0.380. The van der Waals surface area contributed by atoms with Crippen LogP contribution in [0.1, 0.15) is 32.6 Å². The van der Waals surface area contributed by atoms with Gasteiger partial charge in [0.05, 0.1) is 7.11 Å². The molecule has 1 heterocycles. The highest BCUT2D eigenvalue weighted by molar-refractivity contribution is 5.51. The Morgan fingerprint density at radius 2 is 2.32 bits per heavy atom. The predicted octanol–water partition coefficient (Wildman–Crippen LogP) is 3.04. The molecule has 1 fully saturated rings. The van der Waals surface area contributed by atoms with Crippen molar-refractivity contribution >= 4 is 5.69 Å². The van der Waals surface area contributed by atoms with Crippen molar-refractivity contribution in [2.24, 2.45) is 11.7 Å². The van der Waals surface area contributed by atoms with Crippen LogP contribution < -0.4 is 15.4 Å². The minimum Gasteiger partial charge on any atom is -0.497 e. The summed E-state index contributed by atoms with van der Waals surface area (Å²) in [4.78, 5) is 2.46. The maximum absolute atomic E-state index is 6.00. The number of ether oxygens (including phenoxy) is 1. The summed E-state index contributed by atoms with van der Waals surface area (Å²) in [5.41, 5.74) is 7.28. The van der Waals surface area contributed by atoms with E-state index in [1.54, 1.807) is 7.11 Å². The second kappa shape index (κ2) is 6.80. The maximum atomic E-state index is 6.00. The zero-order valence-electron chi connectivity index (χ0n) is 12.1. The third kappa shape index (κ3) is 3.87. The molecule has 2 unspecified atom stereocenters. The fraction of sp³-hybridized carbons (Fsp3) is 0.625. The molecule has 0 amide bonds. The fourth-order valence-corrected chi connectivity index (χ4v) is 2.76. The Hall–Kier alpha value is -1.22. The normalized spacial score (nSPS) is 20.6. The first-order valence-corrected chi connectivity index (χ1v) is 7.37. The van der Waals surface area contributed by atoms with Crippen LogP contribution in [-0.4, -0.2) is 26.2 Å². The van der Waals surface area contributed by atoms with E-state index < -0.39 is 0 Å². The molecule has 1 saturated heterocycles. The van der Waals surface area contributed by atoms with Gasteiger partial charge in [-0.3, -0.25) is 0 Å². The maximum Gasteiger partial charge on any atom is 0.120 e. The highest BCUT2D eigenvalue weighted by atomic mass is 16.5. The van der Waals surface area contributed by atoms with Crippen molar-refractivity contribution in [2.75, 3.05) is 25.1 Å². The molecule has 1 aliphatic rings. The van der Waals surface area contributed by atoms with E-state index in [1.165, 1.54) is 18.5 Å². The number of methoxy groups -OCH3 is 1. The van der Waals surface area contributed by atoms with Crippen molar-refractivity contribution in [3.8, 4) is 5.75 Å². The van der Waals surface area contributed by atoms with Gasteiger partial charge in [-0.2, -0.15) is 0 Å². The van der Waals surface area contributed by atoms with Crippen LogP contribution in [0.25, 0.3) is 0 Å². The largest absolute Gasteiger partial charge is 0.497 e. The Morgan fingerprint density at radius 3 is 3.05 bits per heavy atom. The molecule has 0 aliphatic carbocycles. The molecule has 0 radical (unpaired) electrons. The van der Waals surface area contributed by atoms with Gasteiger partial charge in [-0.1, -0.05) is 13.0 Å². The molecular weight excluding hydrogens is 236 g/mol. The predicted molar refractivity (Wildman–Crippen MR) is 80.8 cm³/mol. The Balaban J connectivity index is 1.87. The van der Waals surface area contributed by atoms with Crippen LogP contribution in [0, 0.1) is 5.92 Å². The first-order chi connectivity index (χ1) is 9.22.